The molecule has 5 heteroatoms. The first-order chi connectivity index (χ1) is 9.57. The minimum absolute atomic E-state index is 0.0428. The SMILES string of the molecule is N=CC1(c2ccccc2)Cc2c(cc(F)c(Cl)c2Br)O1. The third-order valence-electron chi connectivity index (χ3n) is 3.45. The number of benzene rings is 2. The van der Waals surface area contributed by atoms with Crippen molar-refractivity contribution in [2.24, 2.45) is 0 Å². The van der Waals surface area contributed by atoms with Crippen LogP contribution in [0.4, 0.5) is 4.39 Å². The predicted octanol–water partition coefficient (Wildman–Crippen LogP) is 4.72. The van der Waals surface area contributed by atoms with E-state index >= 15 is 0 Å². The second kappa shape index (κ2) is 4.86. The predicted molar refractivity (Wildman–Crippen MR) is 80.3 cm³/mol. The third-order valence-corrected chi connectivity index (χ3v) is 4.92. The Labute approximate surface area is 129 Å². The maximum Gasteiger partial charge on any atom is 0.172 e. The van der Waals surface area contributed by atoms with Crippen LogP contribution in [-0.4, -0.2) is 6.21 Å². The lowest BCUT2D eigenvalue weighted by Crippen LogP contribution is -2.32. The number of rotatable bonds is 2. The van der Waals surface area contributed by atoms with Crippen LogP contribution in [0.5, 0.6) is 5.75 Å². The van der Waals surface area contributed by atoms with Crippen LogP contribution in [0.15, 0.2) is 40.9 Å². The molecule has 1 atom stereocenters. The molecule has 102 valence electrons. The molecule has 1 N–H and O–H groups in total. The molecule has 0 saturated heterocycles. The van der Waals surface area contributed by atoms with Crippen LogP contribution in [0.3, 0.4) is 0 Å². The number of nitrogens with one attached hydrogen (secondary N) is 1. The van der Waals surface area contributed by atoms with Crippen LogP contribution in [0, 0.1) is 11.2 Å². The van der Waals surface area contributed by atoms with E-state index in [4.69, 9.17) is 21.7 Å². The molecule has 2 nitrogen and oxygen atoms in total. The average Bonchev–Trinajstić information content (AvgIpc) is 2.86. The molecule has 0 fully saturated rings. The lowest BCUT2D eigenvalue weighted by molar-refractivity contribution is 0.176. The van der Waals surface area contributed by atoms with Gasteiger partial charge in [-0.2, -0.15) is 0 Å². The number of halogens is 3. The Morgan fingerprint density at radius 2 is 2.05 bits per heavy atom. The van der Waals surface area contributed by atoms with Gasteiger partial charge < -0.3 is 10.1 Å². The highest BCUT2D eigenvalue weighted by Gasteiger charge is 2.41. The summed E-state index contributed by atoms with van der Waals surface area (Å²) in [5.74, 6) is -0.114. The van der Waals surface area contributed by atoms with E-state index < -0.39 is 11.4 Å². The summed E-state index contributed by atoms with van der Waals surface area (Å²) >= 11 is 9.22. The molecule has 0 spiro atoms. The molecule has 1 heterocycles. The van der Waals surface area contributed by atoms with Crippen molar-refractivity contribution in [2.75, 3.05) is 0 Å². The van der Waals surface area contributed by atoms with Gasteiger partial charge in [0, 0.05) is 34.3 Å². The van der Waals surface area contributed by atoms with Crippen molar-refractivity contribution in [3.8, 4) is 5.75 Å². The summed E-state index contributed by atoms with van der Waals surface area (Å²) in [5.41, 5.74) is 0.738. The molecule has 0 radical (unpaired) electrons. The van der Waals surface area contributed by atoms with Crippen molar-refractivity contribution < 1.29 is 9.13 Å². The van der Waals surface area contributed by atoms with E-state index in [1.807, 2.05) is 30.3 Å². The maximum atomic E-state index is 13.7. The van der Waals surface area contributed by atoms with Crippen molar-refractivity contribution in [3.05, 3.63) is 62.8 Å². The molecule has 2 aromatic rings. The zero-order valence-corrected chi connectivity index (χ0v) is 12.6. The zero-order valence-electron chi connectivity index (χ0n) is 10.3. The van der Waals surface area contributed by atoms with Gasteiger partial charge in [0.2, 0.25) is 0 Å². The highest BCUT2D eigenvalue weighted by Crippen LogP contribution is 2.46. The van der Waals surface area contributed by atoms with Gasteiger partial charge in [-0.05, 0) is 15.9 Å². The van der Waals surface area contributed by atoms with Gasteiger partial charge in [0.05, 0.1) is 5.02 Å². The summed E-state index contributed by atoms with van der Waals surface area (Å²) in [5, 5.41) is 7.79. The fourth-order valence-corrected chi connectivity index (χ4v) is 3.10. The smallest absolute Gasteiger partial charge is 0.172 e. The van der Waals surface area contributed by atoms with Gasteiger partial charge in [-0.3, -0.25) is 0 Å². The molecule has 2 aromatic carbocycles. The molecule has 0 aromatic heterocycles. The summed E-state index contributed by atoms with van der Waals surface area (Å²) in [7, 11) is 0. The largest absolute Gasteiger partial charge is 0.476 e. The van der Waals surface area contributed by atoms with Crippen LogP contribution < -0.4 is 4.74 Å². The molecular formula is C15H10BrClFNO. The molecule has 0 amide bonds. The van der Waals surface area contributed by atoms with Crippen molar-refractivity contribution >= 4 is 33.7 Å². The molecule has 1 aliphatic rings. The van der Waals surface area contributed by atoms with Gasteiger partial charge in [0.25, 0.3) is 0 Å². The minimum atomic E-state index is -0.900. The minimum Gasteiger partial charge on any atom is -0.476 e. The Bertz CT molecular complexity index is 692. The van der Waals surface area contributed by atoms with E-state index in [1.165, 1.54) is 12.3 Å². The average molecular weight is 355 g/mol. The summed E-state index contributed by atoms with van der Waals surface area (Å²) in [6, 6.07) is 10.7. The topological polar surface area (TPSA) is 33.1 Å². The van der Waals surface area contributed by atoms with Crippen molar-refractivity contribution in [1.82, 2.24) is 0 Å². The number of hydrogen-bond donors (Lipinski definition) is 1. The molecule has 3 rings (SSSR count). The highest BCUT2D eigenvalue weighted by molar-refractivity contribution is 9.10. The van der Waals surface area contributed by atoms with Crippen LogP contribution in [-0.2, 0) is 12.0 Å². The second-order valence-corrected chi connectivity index (χ2v) is 5.81. The first kappa shape index (κ1) is 13.6. The van der Waals surface area contributed by atoms with Gasteiger partial charge in [-0.1, -0.05) is 41.9 Å². The van der Waals surface area contributed by atoms with Crippen molar-refractivity contribution in [1.29, 1.82) is 5.41 Å². The fraction of sp³-hybridized carbons (Fsp3) is 0.133. The molecular weight excluding hydrogens is 345 g/mol. The van der Waals surface area contributed by atoms with Crippen LogP contribution in [0.1, 0.15) is 11.1 Å². The van der Waals surface area contributed by atoms with Gasteiger partial charge in [-0.15, -0.1) is 0 Å². The lowest BCUT2D eigenvalue weighted by Gasteiger charge is -2.24. The van der Waals surface area contributed by atoms with Crippen LogP contribution >= 0.6 is 27.5 Å². The van der Waals surface area contributed by atoms with Gasteiger partial charge in [-0.25, -0.2) is 4.39 Å². The van der Waals surface area contributed by atoms with Crippen LogP contribution in [0.25, 0.3) is 0 Å². The zero-order chi connectivity index (χ0) is 14.3. The number of fused-ring (bicyclic) bond motifs is 1. The summed E-state index contributed by atoms with van der Waals surface area (Å²) in [6.07, 6.45) is 1.69. The Morgan fingerprint density at radius 1 is 1.35 bits per heavy atom. The van der Waals surface area contributed by atoms with E-state index in [0.29, 0.717) is 16.6 Å². The van der Waals surface area contributed by atoms with Gasteiger partial charge in [0.15, 0.2) is 5.60 Å². The monoisotopic (exact) mass is 353 g/mol. The van der Waals surface area contributed by atoms with Crippen molar-refractivity contribution in [2.45, 2.75) is 12.0 Å². The number of ether oxygens (including phenoxy) is 1. The summed E-state index contributed by atoms with van der Waals surface area (Å²) < 4.78 is 20.1. The molecule has 20 heavy (non-hydrogen) atoms. The number of hydrogen-bond acceptors (Lipinski definition) is 2. The third kappa shape index (κ3) is 1.95. The van der Waals surface area contributed by atoms with Crippen LogP contribution in [0.2, 0.25) is 5.02 Å². The first-order valence-electron chi connectivity index (χ1n) is 6.00. The van der Waals surface area contributed by atoms with E-state index in [1.54, 1.807) is 0 Å². The molecule has 0 aliphatic carbocycles. The normalized spacial score (nSPS) is 20.4. The molecule has 1 unspecified atom stereocenters. The standard InChI is InChI=1S/C15H10BrClFNO/c16-13-10-7-15(8-19,9-4-2-1-3-5-9)20-12(10)6-11(18)14(13)17/h1-6,8,19H,7H2. The Balaban J connectivity index is 2.13. The second-order valence-electron chi connectivity index (χ2n) is 4.64. The fourth-order valence-electron chi connectivity index (χ4n) is 2.41. The molecule has 0 saturated carbocycles. The highest BCUT2D eigenvalue weighted by atomic mass is 79.9. The van der Waals surface area contributed by atoms with Crippen molar-refractivity contribution in [3.63, 3.8) is 0 Å². The van der Waals surface area contributed by atoms with E-state index in [2.05, 4.69) is 15.9 Å². The van der Waals surface area contributed by atoms with E-state index in [-0.39, 0.29) is 5.02 Å². The van der Waals surface area contributed by atoms with E-state index in [9.17, 15) is 4.39 Å². The first-order valence-corrected chi connectivity index (χ1v) is 7.17. The molecule has 1 aliphatic heterocycles. The summed E-state index contributed by atoms with van der Waals surface area (Å²) in [4.78, 5) is 0. The van der Waals surface area contributed by atoms with Gasteiger partial charge in [0.1, 0.15) is 11.6 Å². The van der Waals surface area contributed by atoms with E-state index in [0.717, 1.165) is 11.1 Å². The lowest BCUT2D eigenvalue weighted by atomic mass is 9.90. The Morgan fingerprint density at radius 3 is 2.70 bits per heavy atom. The Kier molecular flexibility index (Phi) is 3.30. The van der Waals surface area contributed by atoms with Gasteiger partial charge >= 0.3 is 0 Å². The maximum absolute atomic E-state index is 13.7. The quantitative estimate of drug-likeness (QED) is 0.614. The Hall–Kier alpha value is -1.39. The molecule has 0 bridgehead atoms. The summed E-state index contributed by atoms with van der Waals surface area (Å²) in [6.45, 7) is 0.